The maximum absolute atomic E-state index is 12.7. The van der Waals surface area contributed by atoms with Crippen molar-refractivity contribution in [2.75, 3.05) is 0 Å². The minimum Gasteiger partial charge on any atom is -0.370 e. The molecule has 0 saturated heterocycles. The fraction of sp³-hybridized carbons (Fsp3) is 0.0909. The van der Waals surface area contributed by atoms with E-state index in [-0.39, 0.29) is 11.9 Å². The molecule has 0 heterocycles. The van der Waals surface area contributed by atoms with E-state index in [4.69, 9.17) is 11.5 Å². The quantitative estimate of drug-likeness (QED) is 0.550. The molecule has 0 fully saturated rings. The summed E-state index contributed by atoms with van der Waals surface area (Å²) in [4.78, 5) is 16.4. The van der Waals surface area contributed by atoms with Crippen molar-refractivity contribution in [2.24, 2.45) is 16.5 Å². The lowest BCUT2D eigenvalue weighted by molar-refractivity contribution is -0.119. The number of hydrogen-bond donors (Lipinski definition) is 2. The molecule has 26 heavy (non-hydrogen) atoms. The van der Waals surface area contributed by atoms with Gasteiger partial charge in [0.1, 0.15) is 0 Å². The molecule has 1 unspecified atom stereocenters. The number of benzene rings is 3. The summed E-state index contributed by atoms with van der Waals surface area (Å²) in [7, 11) is 0. The standard InChI is InChI=1S/C22H21N3O/c23-22(24)25-21(26)20(17-11-5-2-6-12-17)15-18-13-7-8-14-19(18)16-9-3-1-4-10-16/h1-14,20H,15H2,(H4,23,24,25,26). The van der Waals surface area contributed by atoms with Crippen molar-refractivity contribution in [2.45, 2.75) is 12.3 Å². The number of nitrogens with two attached hydrogens (primary N) is 2. The molecule has 0 aliphatic heterocycles. The van der Waals surface area contributed by atoms with Crippen LogP contribution in [0.1, 0.15) is 17.0 Å². The first-order valence-corrected chi connectivity index (χ1v) is 8.47. The number of carbonyl (C=O) groups excluding carboxylic acids is 1. The molecule has 4 N–H and O–H groups in total. The lowest BCUT2D eigenvalue weighted by Gasteiger charge is -2.17. The molecule has 130 valence electrons. The largest absolute Gasteiger partial charge is 0.370 e. The molecule has 0 aliphatic rings. The van der Waals surface area contributed by atoms with Crippen LogP contribution in [0.25, 0.3) is 11.1 Å². The average molecular weight is 343 g/mol. The Kier molecular flexibility index (Phi) is 5.44. The lowest BCUT2D eigenvalue weighted by Crippen LogP contribution is -2.26. The molecule has 3 rings (SSSR count). The normalized spacial score (nSPS) is 11.5. The molecule has 0 aliphatic carbocycles. The average Bonchev–Trinajstić information content (AvgIpc) is 2.67. The number of nitrogens with zero attached hydrogens (tertiary/aromatic N) is 1. The summed E-state index contributed by atoms with van der Waals surface area (Å²) in [6.07, 6.45) is 0.519. The molecule has 0 aromatic heterocycles. The minimum absolute atomic E-state index is 0.215. The van der Waals surface area contributed by atoms with E-state index in [9.17, 15) is 4.79 Å². The van der Waals surface area contributed by atoms with Gasteiger partial charge in [0.05, 0.1) is 5.92 Å². The van der Waals surface area contributed by atoms with Crippen LogP contribution in [0.5, 0.6) is 0 Å². The maximum atomic E-state index is 12.7. The van der Waals surface area contributed by atoms with Crippen LogP contribution in [-0.2, 0) is 11.2 Å². The third-order valence-electron chi connectivity index (χ3n) is 4.27. The first-order valence-electron chi connectivity index (χ1n) is 8.47. The molecule has 0 bridgehead atoms. The van der Waals surface area contributed by atoms with Gasteiger partial charge in [-0.3, -0.25) is 4.79 Å². The highest BCUT2D eigenvalue weighted by Crippen LogP contribution is 2.29. The molecule has 3 aromatic carbocycles. The fourth-order valence-corrected chi connectivity index (χ4v) is 3.06. The summed E-state index contributed by atoms with van der Waals surface area (Å²) >= 11 is 0. The van der Waals surface area contributed by atoms with E-state index in [2.05, 4.69) is 23.2 Å². The summed E-state index contributed by atoms with van der Waals surface area (Å²) in [5.41, 5.74) is 15.0. The van der Waals surface area contributed by atoms with Crippen molar-refractivity contribution in [1.29, 1.82) is 0 Å². The Bertz CT molecular complexity index is 901. The van der Waals surface area contributed by atoms with Crippen LogP contribution in [0.4, 0.5) is 0 Å². The zero-order chi connectivity index (χ0) is 18.4. The van der Waals surface area contributed by atoms with E-state index in [0.717, 1.165) is 22.3 Å². The molecule has 0 spiro atoms. The zero-order valence-corrected chi connectivity index (χ0v) is 14.4. The molecule has 3 aromatic rings. The van der Waals surface area contributed by atoms with Crippen LogP contribution < -0.4 is 11.5 Å². The van der Waals surface area contributed by atoms with Crippen molar-refractivity contribution in [1.82, 2.24) is 0 Å². The Labute approximate surface area is 153 Å². The number of amides is 1. The highest BCUT2D eigenvalue weighted by molar-refractivity contribution is 5.95. The lowest BCUT2D eigenvalue weighted by atomic mass is 9.88. The van der Waals surface area contributed by atoms with Crippen LogP contribution in [0.2, 0.25) is 0 Å². The van der Waals surface area contributed by atoms with Crippen LogP contribution >= 0.6 is 0 Å². The molecular weight excluding hydrogens is 322 g/mol. The third-order valence-corrected chi connectivity index (χ3v) is 4.27. The van der Waals surface area contributed by atoms with Crippen molar-refractivity contribution < 1.29 is 4.79 Å². The van der Waals surface area contributed by atoms with E-state index >= 15 is 0 Å². The number of rotatable bonds is 5. The Morgan fingerprint density at radius 1 is 0.808 bits per heavy atom. The van der Waals surface area contributed by atoms with Crippen molar-refractivity contribution in [3.8, 4) is 11.1 Å². The fourth-order valence-electron chi connectivity index (χ4n) is 3.06. The monoisotopic (exact) mass is 343 g/mol. The highest BCUT2D eigenvalue weighted by Gasteiger charge is 2.22. The second-order valence-electron chi connectivity index (χ2n) is 6.07. The number of guanidine groups is 1. The first-order chi connectivity index (χ1) is 12.6. The highest BCUT2D eigenvalue weighted by atomic mass is 16.1. The summed E-state index contributed by atoms with van der Waals surface area (Å²) < 4.78 is 0. The van der Waals surface area contributed by atoms with Gasteiger partial charge in [0, 0.05) is 0 Å². The van der Waals surface area contributed by atoms with Crippen LogP contribution in [-0.4, -0.2) is 11.9 Å². The van der Waals surface area contributed by atoms with Gasteiger partial charge in [-0.1, -0.05) is 84.9 Å². The summed E-state index contributed by atoms with van der Waals surface area (Å²) in [5, 5.41) is 0. The van der Waals surface area contributed by atoms with E-state index in [0.29, 0.717) is 6.42 Å². The predicted molar refractivity (Wildman–Crippen MR) is 106 cm³/mol. The van der Waals surface area contributed by atoms with Crippen molar-refractivity contribution in [3.63, 3.8) is 0 Å². The first kappa shape index (κ1) is 17.4. The number of aliphatic imine (C=N–C) groups is 1. The molecule has 4 heteroatoms. The Hall–Kier alpha value is -3.40. The van der Waals surface area contributed by atoms with Crippen molar-refractivity contribution in [3.05, 3.63) is 96.1 Å². The summed E-state index contributed by atoms with van der Waals surface area (Å²) in [5.74, 6) is -0.991. The van der Waals surface area contributed by atoms with Gasteiger partial charge in [-0.05, 0) is 28.7 Å². The smallest absolute Gasteiger partial charge is 0.256 e. The maximum Gasteiger partial charge on any atom is 0.256 e. The van der Waals surface area contributed by atoms with Crippen LogP contribution in [0.3, 0.4) is 0 Å². The van der Waals surface area contributed by atoms with E-state index in [1.807, 2.05) is 66.7 Å². The van der Waals surface area contributed by atoms with Gasteiger partial charge < -0.3 is 11.5 Å². The Morgan fingerprint density at radius 2 is 1.38 bits per heavy atom. The summed E-state index contributed by atoms with van der Waals surface area (Å²) in [6, 6.07) is 27.8. The number of carbonyl (C=O) groups is 1. The molecule has 4 nitrogen and oxygen atoms in total. The molecule has 0 radical (unpaired) electrons. The van der Waals surface area contributed by atoms with Gasteiger partial charge in [0.25, 0.3) is 5.91 Å². The van der Waals surface area contributed by atoms with Gasteiger partial charge in [-0.25, -0.2) is 0 Å². The van der Waals surface area contributed by atoms with E-state index < -0.39 is 5.92 Å². The zero-order valence-electron chi connectivity index (χ0n) is 14.4. The minimum atomic E-state index is -0.442. The van der Waals surface area contributed by atoms with Gasteiger partial charge >= 0.3 is 0 Å². The Morgan fingerprint density at radius 3 is 2.04 bits per heavy atom. The predicted octanol–water partition coefficient (Wildman–Crippen LogP) is 3.48. The second-order valence-corrected chi connectivity index (χ2v) is 6.07. The second kappa shape index (κ2) is 8.12. The van der Waals surface area contributed by atoms with Crippen molar-refractivity contribution >= 4 is 11.9 Å². The Balaban J connectivity index is 2.01. The molecule has 1 atom stereocenters. The number of hydrogen-bond acceptors (Lipinski definition) is 1. The third kappa shape index (κ3) is 4.16. The summed E-state index contributed by atoms with van der Waals surface area (Å²) in [6.45, 7) is 0. The molecule has 1 amide bonds. The molecule has 0 saturated carbocycles. The van der Waals surface area contributed by atoms with E-state index in [1.54, 1.807) is 0 Å². The van der Waals surface area contributed by atoms with Gasteiger partial charge in [-0.2, -0.15) is 4.99 Å². The van der Waals surface area contributed by atoms with Crippen LogP contribution in [0.15, 0.2) is 89.9 Å². The van der Waals surface area contributed by atoms with Gasteiger partial charge in [0.2, 0.25) is 0 Å². The van der Waals surface area contributed by atoms with Gasteiger partial charge in [0.15, 0.2) is 5.96 Å². The van der Waals surface area contributed by atoms with Gasteiger partial charge in [-0.15, -0.1) is 0 Å². The molecular formula is C22H21N3O. The topological polar surface area (TPSA) is 81.5 Å². The van der Waals surface area contributed by atoms with E-state index in [1.165, 1.54) is 0 Å². The van der Waals surface area contributed by atoms with Crippen LogP contribution in [0, 0.1) is 0 Å². The SMILES string of the molecule is NC(N)=NC(=O)C(Cc1ccccc1-c1ccccc1)c1ccccc1.